The van der Waals surface area contributed by atoms with Crippen LogP contribution >= 0.6 is 11.3 Å². The average Bonchev–Trinajstić information content (AvgIpc) is 3.26. The number of rotatable bonds is 7. The molecule has 2 heterocycles. The van der Waals surface area contributed by atoms with Crippen LogP contribution in [0.1, 0.15) is 10.4 Å². The fraction of sp³-hybridized carbons (Fsp3) is 0.333. The van der Waals surface area contributed by atoms with Gasteiger partial charge in [0.2, 0.25) is 5.91 Å². The van der Waals surface area contributed by atoms with Crippen molar-refractivity contribution in [1.82, 2.24) is 15.1 Å². The van der Waals surface area contributed by atoms with Gasteiger partial charge in [-0.1, -0.05) is 24.3 Å². The zero-order valence-corrected chi connectivity index (χ0v) is 14.9. The summed E-state index contributed by atoms with van der Waals surface area (Å²) in [5.41, 5.74) is 1.01. The van der Waals surface area contributed by atoms with Crippen LogP contribution in [0.4, 0.5) is 4.79 Å². The molecule has 1 fully saturated rings. The normalized spacial score (nSPS) is 14.0. The molecule has 132 valence electrons. The number of nitrogens with one attached hydrogen (secondary N) is 1. The number of ether oxygens (including phenoxy) is 1. The number of nitrogens with zero attached hydrogens (tertiary/aromatic N) is 2. The number of carbonyl (C=O) groups is 2. The van der Waals surface area contributed by atoms with Crippen molar-refractivity contribution in [2.45, 2.75) is 13.1 Å². The highest BCUT2D eigenvalue weighted by Gasteiger charge is 2.27. The fourth-order valence-electron chi connectivity index (χ4n) is 2.85. The first-order valence-corrected chi connectivity index (χ1v) is 9.00. The number of benzene rings is 1. The predicted octanol–water partition coefficient (Wildman–Crippen LogP) is 2.31. The number of para-hydroxylation sites is 1. The Balaban J connectivity index is 1.74. The van der Waals surface area contributed by atoms with Gasteiger partial charge in [0.15, 0.2) is 0 Å². The molecule has 6 nitrogen and oxygen atoms in total. The van der Waals surface area contributed by atoms with Crippen molar-refractivity contribution in [1.29, 1.82) is 0 Å². The molecule has 25 heavy (non-hydrogen) atoms. The van der Waals surface area contributed by atoms with Gasteiger partial charge in [0.1, 0.15) is 5.75 Å². The molecule has 0 radical (unpaired) electrons. The molecule has 1 aliphatic rings. The van der Waals surface area contributed by atoms with Crippen molar-refractivity contribution >= 4 is 23.3 Å². The molecule has 3 rings (SSSR count). The second-order valence-electron chi connectivity index (χ2n) is 5.81. The van der Waals surface area contributed by atoms with Crippen molar-refractivity contribution < 1.29 is 14.3 Å². The van der Waals surface area contributed by atoms with Crippen molar-refractivity contribution in [3.05, 3.63) is 52.2 Å². The van der Waals surface area contributed by atoms with Crippen molar-refractivity contribution in [2.75, 3.05) is 26.7 Å². The number of imide groups is 1. The first kappa shape index (κ1) is 17.4. The van der Waals surface area contributed by atoms with Gasteiger partial charge >= 0.3 is 6.03 Å². The minimum Gasteiger partial charge on any atom is -0.496 e. The Bertz CT molecular complexity index is 733. The van der Waals surface area contributed by atoms with Crippen LogP contribution in [0.5, 0.6) is 5.75 Å². The molecular weight excluding hydrogens is 338 g/mol. The maximum absolute atomic E-state index is 12.5. The Hall–Kier alpha value is -2.38. The summed E-state index contributed by atoms with van der Waals surface area (Å²) in [7, 11) is 1.64. The molecular formula is C18H21N3O3S. The largest absolute Gasteiger partial charge is 0.496 e. The van der Waals surface area contributed by atoms with Gasteiger partial charge in [-0.3, -0.25) is 14.6 Å². The minimum absolute atomic E-state index is 0.179. The highest BCUT2D eigenvalue weighted by Crippen LogP contribution is 2.21. The van der Waals surface area contributed by atoms with Gasteiger partial charge in [0.05, 0.1) is 13.7 Å². The van der Waals surface area contributed by atoms with E-state index in [1.807, 2.05) is 46.7 Å². The van der Waals surface area contributed by atoms with Gasteiger partial charge < -0.3 is 10.1 Å². The molecule has 0 aliphatic carbocycles. The third kappa shape index (κ3) is 4.37. The molecule has 0 saturated carbocycles. The monoisotopic (exact) mass is 359 g/mol. The lowest BCUT2D eigenvalue weighted by Gasteiger charge is -2.24. The van der Waals surface area contributed by atoms with Crippen LogP contribution in [0.3, 0.4) is 0 Å². The van der Waals surface area contributed by atoms with E-state index in [4.69, 9.17) is 4.74 Å². The summed E-state index contributed by atoms with van der Waals surface area (Å²) in [6, 6.07) is 11.5. The van der Waals surface area contributed by atoms with Gasteiger partial charge in [-0.15, -0.1) is 11.3 Å². The van der Waals surface area contributed by atoms with Crippen LogP contribution in [0.15, 0.2) is 41.8 Å². The second-order valence-corrected chi connectivity index (χ2v) is 6.85. The second kappa shape index (κ2) is 8.13. The lowest BCUT2D eigenvalue weighted by atomic mass is 10.2. The summed E-state index contributed by atoms with van der Waals surface area (Å²) >= 11 is 1.65. The smallest absolute Gasteiger partial charge is 0.324 e. The molecule has 3 amide bonds. The molecule has 2 aromatic rings. The van der Waals surface area contributed by atoms with Gasteiger partial charge in [0, 0.05) is 36.6 Å². The van der Waals surface area contributed by atoms with E-state index >= 15 is 0 Å². The summed E-state index contributed by atoms with van der Waals surface area (Å²) in [5.74, 6) is 0.617. The highest BCUT2D eigenvalue weighted by atomic mass is 32.1. The zero-order valence-electron chi connectivity index (χ0n) is 14.1. The Morgan fingerprint density at radius 3 is 2.80 bits per heavy atom. The Morgan fingerprint density at radius 2 is 2.12 bits per heavy atom. The van der Waals surface area contributed by atoms with Crippen LogP contribution in [0.25, 0.3) is 0 Å². The first-order chi connectivity index (χ1) is 12.2. The third-order valence-electron chi connectivity index (χ3n) is 4.06. The minimum atomic E-state index is -0.307. The first-order valence-electron chi connectivity index (χ1n) is 8.12. The van der Waals surface area contributed by atoms with E-state index in [0.717, 1.165) is 11.3 Å². The molecule has 7 heteroatoms. The number of amides is 3. The van der Waals surface area contributed by atoms with Crippen molar-refractivity contribution in [2.24, 2.45) is 0 Å². The maximum atomic E-state index is 12.5. The Kier molecular flexibility index (Phi) is 5.67. The van der Waals surface area contributed by atoms with Crippen LogP contribution in [0.2, 0.25) is 0 Å². The molecule has 1 aliphatic heterocycles. The Labute approximate surface area is 151 Å². The molecule has 0 atom stereocenters. The molecule has 1 aromatic carbocycles. The van der Waals surface area contributed by atoms with E-state index in [9.17, 15) is 9.59 Å². The van der Waals surface area contributed by atoms with Gasteiger partial charge in [-0.25, -0.2) is 4.79 Å². The molecule has 1 aromatic heterocycles. The quantitative estimate of drug-likeness (QED) is 0.824. The lowest BCUT2D eigenvalue weighted by molar-refractivity contribution is -0.129. The van der Waals surface area contributed by atoms with E-state index < -0.39 is 0 Å². The van der Waals surface area contributed by atoms with Gasteiger partial charge in [-0.05, 0) is 17.5 Å². The van der Waals surface area contributed by atoms with Crippen molar-refractivity contribution in [3.63, 3.8) is 0 Å². The predicted molar refractivity (Wildman–Crippen MR) is 96.5 cm³/mol. The van der Waals surface area contributed by atoms with E-state index in [0.29, 0.717) is 26.2 Å². The number of hydrogen-bond donors (Lipinski definition) is 1. The summed E-state index contributed by atoms with van der Waals surface area (Å²) in [4.78, 5) is 28.8. The molecule has 1 saturated heterocycles. The molecule has 0 bridgehead atoms. The van der Waals surface area contributed by atoms with E-state index in [1.54, 1.807) is 18.4 Å². The van der Waals surface area contributed by atoms with Gasteiger partial charge in [0.25, 0.3) is 0 Å². The third-order valence-corrected chi connectivity index (χ3v) is 4.92. The highest BCUT2D eigenvalue weighted by molar-refractivity contribution is 7.09. The van der Waals surface area contributed by atoms with Crippen LogP contribution in [-0.2, 0) is 17.9 Å². The molecule has 0 unspecified atom stereocenters. The number of carbonyl (C=O) groups excluding carboxylic acids is 2. The van der Waals surface area contributed by atoms with Gasteiger partial charge in [-0.2, -0.15) is 0 Å². The van der Waals surface area contributed by atoms with E-state index in [1.165, 1.54) is 9.78 Å². The summed E-state index contributed by atoms with van der Waals surface area (Å²) in [6.07, 6.45) is 0. The number of methoxy groups -OCH3 is 1. The van der Waals surface area contributed by atoms with Crippen LogP contribution in [0, 0.1) is 0 Å². The lowest BCUT2D eigenvalue weighted by Crippen LogP contribution is -2.41. The average molecular weight is 359 g/mol. The summed E-state index contributed by atoms with van der Waals surface area (Å²) in [5, 5.41) is 4.69. The molecule has 0 spiro atoms. The summed E-state index contributed by atoms with van der Waals surface area (Å²) in [6.45, 7) is 2.35. The number of urea groups is 1. The SMILES string of the molecule is COc1ccccc1CN(CC(=O)N1CCNC1=O)Cc1cccs1. The standard InChI is InChI=1S/C18H21N3O3S/c1-24-16-7-3-2-5-14(16)11-20(12-15-6-4-10-25-15)13-17(22)21-9-8-19-18(21)23/h2-7,10H,8-9,11-13H2,1H3,(H,19,23). The van der Waals surface area contributed by atoms with Crippen molar-refractivity contribution in [3.8, 4) is 5.75 Å². The van der Waals surface area contributed by atoms with Crippen LogP contribution < -0.4 is 10.1 Å². The molecule has 1 N–H and O–H groups in total. The van der Waals surface area contributed by atoms with E-state index in [-0.39, 0.29) is 18.5 Å². The van der Waals surface area contributed by atoms with E-state index in [2.05, 4.69) is 5.32 Å². The van der Waals surface area contributed by atoms with Crippen LogP contribution in [-0.4, -0.2) is 48.5 Å². The number of hydrogen-bond acceptors (Lipinski definition) is 5. The topological polar surface area (TPSA) is 61.9 Å². The Morgan fingerprint density at radius 1 is 1.28 bits per heavy atom. The number of thiophene rings is 1. The summed E-state index contributed by atoms with van der Waals surface area (Å²) < 4.78 is 5.42. The fourth-order valence-corrected chi connectivity index (χ4v) is 3.60. The maximum Gasteiger partial charge on any atom is 0.324 e. The zero-order chi connectivity index (χ0) is 17.6.